The van der Waals surface area contributed by atoms with Crippen LogP contribution < -0.4 is 5.73 Å². The first-order valence-electron chi connectivity index (χ1n) is 5.08. The van der Waals surface area contributed by atoms with E-state index in [1.807, 2.05) is 6.08 Å². The molecule has 1 aliphatic rings. The van der Waals surface area contributed by atoms with Gasteiger partial charge in [-0.1, -0.05) is 25.3 Å². The van der Waals surface area contributed by atoms with Crippen molar-refractivity contribution in [3.05, 3.63) is 12.7 Å². The fraction of sp³-hybridized carbons (Fsp3) is 0.818. The van der Waals surface area contributed by atoms with Crippen LogP contribution in [-0.4, -0.2) is 6.04 Å². The van der Waals surface area contributed by atoms with Gasteiger partial charge in [-0.2, -0.15) is 0 Å². The molecule has 1 atom stereocenters. The number of nitrogens with two attached hydrogens (primary N) is 1. The minimum absolute atomic E-state index is 0.329. The molecule has 1 unspecified atom stereocenters. The molecule has 0 aliphatic heterocycles. The average molecular weight is 167 g/mol. The molecule has 0 bridgehead atoms. The van der Waals surface area contributed by atoms with Crippen LogP contribution >= 0.6 is 0 Å². The van der Waals surface area contributed by atoms with Gasteiger partial charge in [-0.15, -0.1) is 6.58 Å². The van der Waals surface area contributed by atoms with Crippen molar-refractivity contribution in [1.29, 1.82) is 0 Å². The maximum absolute atomic E-state index is 6.04. The Morgan fingerprint density at radius 2 is 2.00 bits per heavy atom. The van der Waals surface area contributed by atoms with E-state index in [0.717, 1.165) is 6.42 Å². The van der Waals surface area contributed by atoms with Gasteiger partial charge < -0.3 is 5.73 Å². The largest absolute Gasteiger partial charge is 0.327 e. The monoisotopic (exact) mass is 167 g/mol. The Bertz CT molecular complexity index is 143. The van der Waals surface area contributed by atoms with Crippen LogP contribution in [0.1, 0.15) is 45.4 Å². The second-order valence-corrected chi connectivity index (χ2v) is 4.20. The lowest BCUT2D eigenvalue weighted by Crippen LogP contribution is -2.40. The first-order valence-corrected chi connectivity index (χ1v) is 5.08. The van der Waals surface area contributed by atoms with Crippen molar-refractivity contribution in [3.8, 4) is 0 Å². The summed E-state index contributed by atoms with van der Waals surface area (Å²) >= 11 is 0. The summed E-state index contributed by atoms with van der Waals surface area (Å²) in [5.41, 5.74) is 6.43. The molecule has 1 saturated carbocycles. The zero-order valence-corrected chi connectivity index (χ0v) is 8.18. The predicted molar refractivity (Wildman–Crippen MR) is 54.0 cm³/mol. The summed E-state index contributed by atoms with van der Waals surface area (Å²) in [5, 5.41) is 0. The summed E-state index contributed by atoms with van der Waals surface area (Å²) in [7, 11) is 0. The van der Waals surface area contributed by atoms with E-state index in [4.69, 9.17) is 5.73 Å². The van der Waals surface area contributed by atoms with E-state index in [0.29, 0.717) is 11.5 Å². The highest BCUT2D eigenvalue weighted by molar-refractivity contribution is 4.93. The lowest BCUT2D eigenvalue weighted by molar-refractivity contribution is 0.156. The van der Waals surface area contributed by atoms with Gasteiger partial charge in [-0.3, -0.25) is 0 Å². The van der Waals surface area contributed by atoms with E-state index >= 15 is 0 Å². The van der Waals surface area contributed by atoms with Crippen LogP contribution in [0.5, 0.6) is 0 Å². The molecule has 0 aromatic rings. The van der Waals surface area contributed by atoms with Crippen LogP contribution in [0.3, 0.4) is 0 Å². The fourth-order valence-electron chi connectivity index (χ4n) is 2.39. The van der Waals surface area contributed by atoms with E-state index in [9.17, 15) is 0 Å². The predicted octanol–water partition coefficient (Wildman–Crippen LogP) is 2.86. The van der Waals surface area contributed by atoms with E-state index in [-0.39, 0.29) is 0 Å². The molecule has 0 radical (unpaired) electrons. The van der Waals surface area contributed by atoms with Crippen LogP contribution in [-0.2, 0) is 0 Å². The van der Waals surface area contributed by atoms with E-state index in [2.05, 4.69) is 13.5 Å². The molecule has 0 spiro atoms. The molecule has 0 amide bonds. The third kappa shape index (κ3) is 1.89. The maximum Gasteiger partial charge on any atom is 0.00699 e. The average Bonchev–Trinajstić information content (AvgIpc) is 2.06. The number of hydrogen-bond acceptors (Lipinski definition) is 1. The lowest BCUT2D eigenvalue weighted by Gasteiger charge is -2.40. The van der Waals surface area contributed by atoms with Gasteiger partial charge in [0.05, 0.1) is 0 Å². The highest BCUT2D eigenvalue weighted by Crippen LogP contribution is 2.41. The second kappa shape index (κ2) is 4.08. The van der Waals surface area contributed by atoms with Gasteiger partial charge >= 0.3 is 0 Å². The topological polar surface area (TPSA) is 26.0 Å². The fourth-order valence-corrected chi connectivity index (χ4v) is 2.39. The highest BCUT2D eigenvalue weighted by atomic mass is 14.7. The number of hydrogen-bond donors (Lipinski definition) is 1. The normalized spacial score (nSPS) is 24.8. The third-order valence-corrected chi connectivity index (χ3v) is 3.37. The summed E-state index contributed by atoms with van der Waals surface area (Å²) in [6.07, 6.45) is 9.85. The Morgan fingerprint density at radius 3 is 2.42 bits per heavy atom. The third-order valence-electron chi connectivity index (χ3n) is 3.37. The summed E-state index contributed by atoms with van der Waals surface area (Å²) < 4.78 is 0. The molecule has 0 aromatic heterocycles. The second-order valence-electron chi connectivity index (χ2n) is 4.20. The van der Waals surface area contributed by atoms with E-state index in [1.165, 1.54) is 32.1 Å². The molecular weight excluding hydrogens is 146 g/mol. The van der Waals surface area contributed by atoms with Crippen LogP contribution in [0.4, 0.5) is 0 Å². The van der Waals surface area contributed by atoms with Gasteiger partial charge in [0.25, 0.3) is 0 Å². The molecule has 0 saturated heterocycles. The zero-order valence-electron chi connectivity index (χ0n) is 8.18. The van der Waals surface area contributed by atoms with E-state index in [1.54, 1.807) is 0 Å². The van der Waals surface area contributed by atoms with Crippen LogP contribution in [0.2, 0.25) is 0 Å². The van der Waals surface area contributed by atoms with Crippen LogP contribution in [0, 0.1) is 5.41 Å². The van der Waals surface area contributed by atoms with Crippen molar-refractivity contribution < 1.29 is 0 Å². The molecule has 1 nitrogen and oxygen atoms in total. The van der Waals surface area contributed by atoms with Gasteiger partial charge in [-0.25, -0.2) is 0 Å². The minimum Gasteiger partial charge on any atom is -0.327 e. The Kier molecular flexibility index (Phi) is 3.33. The highest BCUT2D eigenvalue weighted by Gasteiger charge is 2.33. The smallest absolute Gasteiger partial charge is 0.00699 e. The van der Waals surface area contributed by atoms with Gasteiger partial charge in [0.1, 0.15) is 0 Å². The quantitative estimate of drug-likeness (QED) is 0.643. The van der Waals surface area contributed by atoms with Crippen molar-refractivity contribution in [2.75, 3.05) is 0 Å². The van der Waals surface area contributed by atoms with Gasteiger partial charge in [-0.05, 0) is 31.6 Å². The molecule has 0 heterocycles. The first-order chi connectivity index (χ1) is 5.71. The lowest BCUT2D eigenvalue weighted by atomic mass is 9.68. The van der Waals surface area contributed by atoms with Crippen LogP contribution in [0.25, 0.3) is 0 Å². The molecular formula is C11H21N. The van der Waals surface area contributed by atoms with Gasteiger partial charge in [0.2, 0.25) is 0 Å². The van der Waals surface area contributed by atoms with Gasteiger partial charge in [0.15, 0.2) is 0 Å². The molecule has 1 aliphatic carbocycles. The van der Waals surface area contributed by atoms with Crippen molar-refractivity contribution in [1.82, 2.24) is 0 Å². The number of allylic oxidation sites excluding steroid dienone is 1. The number of rotatable bonds is 3. The standard InChI is InChI=1S/C11H21N/c1-3-7-11(10(2)12)8-5-4-6-9-11/h3,10H,1,4-9,12H2,2H3. The minimum atomic E-state index is 0.329. The van der Waals surface area contributed by atoms with Crippen molar-refractivity contribution in [3.63, 3.8) is 0 Å². The Hall–Kier alpha value is -0.300. The summed E-state index contributed by atoms with van der Waals surface area (Å²) in [6, 6.07) is 0.329. The molecule has 70 valence electrons. The van der Waals surface area contributed by atoms with E-state index < -0.39 is 0 Å². The summed E-state index contributed by atoms with van der Waals surface area (Å²) in [6.45, 7) is 5.97. The maximum atomic E-state index is 6.04. The van der Waals surface area contributed by atoms with Gasteiger partial charge in [0, 0.05) is 6.04 Å². The zero-order chi connectivity index (χ0) is 9.03. The molecule has 1 rings (SSSR count). The Morgan fingerprint density at radius 1 is 1.42 bits per heavy atom. The summed E-state index contributed by atoms with van der Waals surface area (Å²) in [5.74, 6) is 0. The first kappa shape index (κ1) is 9.79. The molecule has 12 heavy (non-hydrogen) atoms. The molecule has 2 N–H and O–H groups in total. The van der Waals surface area contributed by atoms with Crippen LogP contribution in [0.15, 0.2) is 12.7 Å². The SMILES string of the molecule is C=CCC1(C(C)N)CCCCC1. The van der Waals surface area contributed by atoms with Crippen molar-refractivity contribution in [2.24, 2.45) is 11.1 Å². The molecule has 0 aromatic carbocycles. The summed E-state index contributed by atoms with van der Waals surface area (Å²) in [4.78, 5) is 0. The molecule has 1 fully saturated rings. The van der Waals surface area contributed by atoms with Crippen molar-refractivity contribution >= 4 is 0 Å². The molecule has 1 heteroatoms. The van der Waals surface area contributed by atoms with Crippen molar-refractivity contribution in [2.45, 2.75) is 51.5 Å². The Labute approximate surface area is 76.0 Å². The Balaban J connectivity index is 2.62.